The van der Waals surface area contributed by atoms with E-state index in [0.717, 1.165) is 6.42 Å². The Balaban J connectivity index is 2.12. The van der Waals surface area contributed by atoms with Crippen molar-refractivity contribution in [3.05, 3.63) is 29.3 Å². The topological polar surface area (TPSA) is 75.4 Å². The Morgan fingerprint density at radius 3 is 2.65 bits per heavy atom. The summed E-state index contributed by atoms with van der Waals surface area (Å²) in [4.78, 5) is 26.6. The van der Waals surface area contributed by atoms with Crippen molar-refractivity contribution in [1.29, 1.82) is 0 Å². The molecule has 1 heterocycles. The molecule has 126 valence electrons. The maximum absolute atomic E-state index is 12.7. The number of benzene rings is 1. The highest BCUT2D eigenvalue weighted by atomic mass is 35.5. The maximum atomic E-state index is 12.7. The molecule has 1 aliphatic rings. The van der Waals surface area contributed by atoms with Crippen LogP contribution in [0.4, 0.5) is 5.69 Å². The number of anilines is 1. The molecule has 0 aliphatic carbocycles. The van der Waals surface area contributed by atoms with Gasteiger partial charge in [-0.2, -0.15) is 0 Å². The SMILES string of the molecule is CC(C)(C)[C@H](N)C(=O)NC1CCCN(c2ccccc2Cl)C1=O. The monoisotopic (exact) mass is 337 g/mol. The highest BCUT2D eigenvalue weighted by molar-refractivity contribution is 6.33. The van der Waals surface area contributed by atoms with Gasteiger partial charge in [0, 0.05) is 6.54 Å². The first-order valence-electron chi connectivity index (χ1n) is 7.83. The molecule has 6 heteroatoms. The summed E-state index contributed by atoms with van der Waals surface area (Å²) in [5.41, 5.74) is 6.29. The molecule has 0 spiro atoms. The van der Waals surface area contributed by atoms with Gasteiger partial charge in [-0.05, 0) is 30.4 Å². The number of carbonyl (C=O) groups is 2. The molecule has 1 aromatic rings. The second-order valence-corrected chi connectivity index (χ2v) is 7.40. The molecule has 1 unspecified atom stereocenters. The van der Waals surface area contributed by atoms with Gasteiger partial charge in [0.2, 0.25) is 11.8 Å². The standard InChI is InChI=1S/C17H24ClN3O2/c1-17(2,3)14(19)15(22)20-12-8-6-10-21(16(12)23)13-9-5-4-7-11(13)18/h4-5,7,9,12,14H,6,8,10,19H2,1-3H3,(H,20,22)/t12?,14-/m1/s1. The number of nitrogens with zero attached hydrogens (tertiary/aromatic N) is 1. The molecule has 0 saturated carbocycles. The lowest BCUT2D eigenvalue weighted by Crippen LogP contribution is -2.57. The van der Waals surface area contributed by atoms with Crippen LogP contribution in [0.3, 0.4) is 0 Å². The van der Waals surface area contributed by atoms with Crippen LogP contribution in [-0.2, 0) is 9.59 Å². The predicted molar refractivity (Wildman–Crippen MR) is 92.4 cm³/mol. The minimum absolute atomic E-state index is 0.140. The third kappa shape index (κ3) is 4.03. The largest absolute Gasteiger partial charge is 0.343 e. The van der Waals surface area contributed by atoms with Crippen molar-refractivity contribution >= 4 is 29.1 Å². The summed E-state index contributed by atoms with van der Waals surface area (Å²) >= 11 is 6.19. The Hall–Kier alpha value is -1.59. The summed E-state index contributed by atoms with van der Waals surface area (Å²) in [7, 11) is 0. The van der Waals surface area contributed by atoms with Crippen LogP contribution in [0.2, 0.25) is 5.02 Å². The molecule has 0 radical (unpaired) electrons. The molecule has 2 atom stereocenters. The van der Waals surface area contributed by atoms with E-state index in [0.29, 0.717) is 23.7 Å². The van der Waals surface area contributed by atoms with E-state index in [9.17, 15) is 9.59 Å². The van der Waals surface area contributed by atoms with Crippen molar-refractivity contribution in [2.45, 2.75) is 45.7 Å². The first kappa shape index (κ1) is 17.8. The van der Waals surface area contributed by atoms with Crippen LogP contribution in [0.5, 0.6) is 0 Å². The number of halogens is 1. The zero-order valence-electron chi connectivity index (χ0n) is 13.8. The second kappa shape index (κ2) is 6.89. The van der Waals surface area contributed by atoms with E-state index in [4.69, 9.17) is 17.3 Å². The Labute approximate surface area is 142 Å². The predicted octanol–water partition coefficient (Wildman–Crippen LogP) is 2.33. The summed E-state index contributed by atoms with van der Waals surface area (Å²) in [6.45, 7) is 6.29. The van der Waals surface area contributed by atoms with Gasteiger partial charge in [0.15, 0.2) is 0 Å². The minimum Gasteiger partial charge on any atom is -0.343 e. The molecular weight excluding hydrogens is 314 g/mol. The van der Waals surface area contributed by atoms with Gasteiger partial charge in [0.25, 0.3) is 0 Å². The molecule has 2 amide bonds. The highest BCUT2D eigenvalue weighted by Crippen LogP contribution is 2.28. The van der Waals surface area contributed by atoms with E-state index in [1.54, 1.807) is 11.0 Å². The lowest BCUT2D eigenvalue weighted by atomic mass is 9.86. The average Bonchev–Trinajstić information content (AvgIpc) is 2.48. The van der Waals surface area contributed by atoms with Crippen molar-refractivity contribution < 1.29 is 9.59 Å². The molecule has 1 saturated heterocycles. The van der Waals surface area contributed by atoms with Crippen molar-refractivity contribution in [2.75, 3.05) is 11.4 Å². The molecular formula is C17H24ClN3O2. The van der Waals surface area contributed by atoms with Gasteiger partial charge in [-0.3, -0.25) is 9.59 Å². The van der Waals surface area contributed by atoms with Crippen molar-refractivity contribution in [3.63, 3.8) is 0 Å². The molecule has 0 bridgehead atoms. The van der Waals surface area contributed by atoms with Crippen LogP contribution in [0.25, 0.3) is 0 Å². The van der Waals surface area contributed by atoms with Crippen molar-refractivity contribution in [1.82, 2.24) is 5.32 Å². The molecule has 0 aromatic heterocycles. The van der Waals surface area contributed by atoms with E-state index in [1.165, 1.54) is 0 Å². The van der Waals surface area contributed by atoms with E-state index >= 15 is 0 Å². The number of para-hydroxylation sites is 1. The van der Waals surface area contributed by atoms with E-state index < -0.39 is 12.1 Å². The van der Waals surface area contributed by atoms with Crippen molar-refractivity contribution in [3.8, 4) is 0 Å². The molecule has 1 aliphatic heterocycles. The zero-order valence-corrected chi connectivity index (χ0v) is 14.6. The first-order valence-corrected chi connectivity index (χ1v) is 8.21. The third-order valence-corrected chi connectivity index (χ3v) is 4.43. The molecule has 1 fully saturated rings. The van der Waals surface area contributed by atoms with Gasteiger partial charge in [-0.15, -0.1) is 0 Å². The van der Waals surface area contributed by atoms with Gasteiger partial charge in [-0.25, -0.2) is 0 Å². The highest BCUT2D eigenvalue weighted by Gasteiger charge is 2.35. The zero-order chi connectivity index (χ0) is 17.2. The number of hydrogen-bond acceptors (Lipinski definition) is 3. The summed E-state index contributed by atoms with van der Waals surface area (Å²) in [6.07, 6.45) is 1.41. The van der Waals surface area contributed by atoms with Crippen LogP contribution in [-0.4, -0.2) is 30.4 Å². The minimum atomic E-state index is -0.661. The average molecular weight is 338 g/mol. The number of nitrogens with two attached hydrogens (primary N) is 1. The van der Waals surface area contributed by atoms with Crippen LogP contribution in [0.1, 0.15) is 33.6 Å². The number of carbonyl (C=O) groups excluding carboxylic acids is 2. The molecule has 23 heavy (non-hydrogen) atoms. The number of piperidine rings is 1. The lowest BCUT2D eigenvalue weighted by Gasteiger charge is -2.34. The summed E-state index contributed by atoms with van der Waals surface area (Å²) in [5.74, 6) is -0.435. The van der Waals surface area contributed by atoms with Gasteiger partial charge in [0.05, 0.1) is 16.8 Å². The van der Waals surface area contributed by atoms with Gasteiger partial charge in [-0.1, -0.05) is 44.5 Å². The summed E-state index contributed by atoms with van der Waals surface area (Å²) in [6, 6.07) is 6.01. The maximum Gasteiger partial charge on any atom is 0.249 e. The number of hydrogen-bond donors (Lipinski definition) is 2. The Morgan fingerprint density at radius 1 is 1.39 bits per heavy atom. The fourth-order valence-corrected chi connectivity index (χ4v) is 2.81. The lowest BCUT2D eigenvalue weighted by molar-refractivity contribution is -0.130. The second-order valence-electron chi connectivity index (χ2n) is 6.99. The quantitative estimate of drug-likeness (QED) is 0.888. The fraction of sp³-hybridized carbons (Fsp3) is 0.529. The first-order chi connectivity index (χ1) is 10.7. The van der Waals surface area contributed by atoms with Crippen LogP contribution >= 0.6 is 11.6 Å². The Bertz CT molecular complexity index is 598. The number of nitrogens with one attached hydrogen (secondary N) is 1. The molecule has 5 nitrogen and oxygen atoms in total. The Morgan fingerprint density at radius 2 is 2.04 bits per heavy atom. The Kier molecular flexibility index (Phi) is 5.32. The van der Waals surface area contributed by atoms with E-state index in [2.05, 4.69) is 5.32 Å². The van der Waals surface area contributed by atoms with Crippen LogP contribution in [0.15, 0.2) is 24.3 Å². The van der Waals surface area contributed by atoms with E-state index in [-0.39, 0.29) is 17.2 Å². The third-order valence-electron chi connectivity index (χ3n) is 4.11. The van der Waals surface area contributed by atoms with Gasteiger partial charge < -0.3 is 16.0 Å². The number of amides is 2. The van der Waals surface area contributed by atoms with E-state index in [1.807, 2.05) is 39.0 Å². The molecule has 1 aromatic carbocycles. The van der Waals surface area contributed by atoms with Crippen LogP contribution < -0.4 is 16.0 Å². The normalized spacial score (nSPS) is 20.3. The molecule has 3 N–H and O–H groups in total. The number of rotatable bonds is 3. The smallest absolute Gasteiger partial charge is 0.249 e. The fourth-order valence-electron chi connectivity index (χ4n) is 2.57. The summed E-state index contributed by atoms with van der Waals surface area (Å²) < 4.78 is 0. The van der Waals surface area contributed by atoms with Crippen molar-refractivity contribution in [2.24, 2.45) is 11.1 Å². The summed E-state index contributed by atoms with van der Waals surface area (Å²) in [5, 5.41) is 3.32. The van der Waals surface area contributed by atoms with Gasteiger partial charge in [0.1, 0.15) is 6.04 Å². The van der Waals surface area contributed by atoms with Crippen LogP contribution in [0, 0.1) is 5.41 Å². The van der Waals surface area contributed by atoms with Gasteiger partial charge >= 0.3 is 0 Å². The molecule has 2 rings (SSSR count).